The predicted octanol–water partition coefficient (Wildman–Crippen LogP) is 2.17. The van der Waals surface area contributed by atoms with Crippen LogP contribution in [0.3, 0.4) is 0 Å². The van der Waals surface area contributed by atoms with Gasteiger partial charge in [0.1, 0.15) is 11.2 Å². The molecule has 5 heterocycles. The standard InChI is InChI=1S/C19H24N6O/c1-23-8-2-3-16(23)19(26)24-9-5-13(6-10-24)25-12-22-15-11-21-18-14(17(15)25)4-7-20-18/h4,7,11-13,16H,2-3,5-6,8-10H2,1H3,(H,20,21)/t16-/m0/s1. The highest BCUT2D eigenvalue weighted by Crippen LogP contribution is 2.30. The van der Waals surface area contributed by atoms with Gasteiger partial charge in [-0.3, -0.25) is 9.69 Å². The van der Waals surface area contributed by atoms with Crippen molar-refractivity contribution in [1.29, 1.82) is 0 Å². The number of fused-ring (bicyclic) bond motifs is 3. The Morgan fingerprint density at radius 2 is 2.04 bits per heavy atom. The zero-order chi connectivity index (χ0) is 17.7. The fourth-order valence-electron chi connectivity index (χ4n) is 4.61. The molecule has 2 aliphatic rings. The number of imidazole rings is 1. The summed E-state index contributed by atoms with van der Waals surface area (Å²) < 4.78 is 2.29. The number of pyridine rings is 1. The largest absolute Gasteiger partial charge is 0.346 e. The maximum atomic E-state index is 12.8. The van der Waals surface area contributed by atoms with Crippen molar-refractivity contribution in [2.45, 2.75) is 37.8 Å². The van der Waals surface area contributed by atoms with E-state index in [1.165, 1.54) is 0 Å². The minimum absolute atomic E-state index is 0.0891. The van der Waals surface area contributed by atoms with E-state index < -0.39 is 0 Å². The third-order valence-corrected chi connectivity index (χ3v) is 6.09. The Bertz CT molecular complexity index is 951. The van der Waals surface area contributed by atoms with Crippen molar-refractivity contribution >= 4 is 28.0 Å². The molecule has 0 aromatic carbocycles. The Kier molecular flexibility index (Phi) is 3.70. The van der Waals surface area contributed by atoms with E-state index in [-0.39, 0.29) is 6.04 Å². The quantitative estimate of drug-likeness (QED) is 0.767. The van der Waals surface area contributed by atoms with E-state index in [4.69, 9.17) is 0 Å². The molecule has 3 aromatic rings. The summed E-state index contributed by atoms with van der Waals surface area (Å²) in [6, 6.07) is 2.54. The zero-order valence-electron chi connectivity index (χ0n) is 15.1. The lowest BCUT2D eigenvalue weighted by atomic mass is 10.0. The van der Waals surface area contributed by atoms with E-state index in [9.17, 15) is 4.79 Å². The van der Waals surface area contributed by atoms with Gasteiger partial charge < -0.3 is 14.5 Å². The molecule has 136 valence electrons. The number of rotatable bonds is 2. The summed E-state index contributed by atoms with van der Waals surface area (Å²) in [4.78, 5) is 29.2. The number of carbonyl (C=O) groups excluding carboxylic acids is 1. The van der Waals surface area contributed by atoms with Gasteiger partial charge in [-0.25, -0.2) is 9.97 Å². The molecule has 3 aromatic heterocycles. The molecule has 7 nitrogen and oxygen atoms in total. The molecule has 2 fully saturated rings. The number of likely N-dealkylation sites (N-methyl/N-ethyl adjacent to an activating group) is 1. The number of piperidine rings is 1. The van der Waals surface area contributed by atoms with Crippen LogP contribution in [0.4, 0.5) is 0 Å². The highest BCUT2D eigenvalue weighted by atomic mass is 16.2. The van der Waals surface area contributed by atoms with Crippen molar-refractivity contribution in [1.82, 2.24) is 29.3 Å². The Balaban J connectivity index is 1.36. The van der Waals surface area contributed by atoms with E-state index in [2.05, 4.69) is 42.4 Å². The van der Waals surface area contributed by atoms with Crippen LogP contribution < -0.4 is 0 Å². The van der Waals surface area contributed by atoms with E-state index in [1.54, 1.807) is 0 Å². The van der Waals surface area contributed by atoms with Gasteiger partial charge >= 0.3 is 0 Å². The number of amides is 1. The van der Waals surface area contributed by atoms with Crippen molar-refractivity contribution in [3.8, 4) is 0 Å². The maximum absolute atomic E-state index is 12.8. The van der Waals surface area contributed by atoms with Gasteiger partial charge in [-0.1, -0.05) is 0 Å². The number of nitrogens with one attached hydrogen (secondary N) is 1. The van der Waals surface area contributed by atoms with Crippen LogP contribution in [-0.4, -0.2) is 67.9 Å². The summed E-state index contributed by atoms with van der Waals surface area (Å²) in [6.07, 6.45) is 9.77. The average molecular weight is 352 g/mol. The van der Waals surface area contributed by atoms with Gasteiger partial charge in [0.2, 0.25) is 5.91 Å². The number of likely N-dealkylation sites (tertiary alicyclic amines) is 2. The molecule has 2 aliphatic heterocycles. The van der Waals surface area contributed by atoms with Crippen LogP contribution >= 0.6 is 0 Å². The second-order valence-electron chi connectivity index (χ2n) is 7.58. The third-order valence-electron chi connectivity index (χ3n) is 6.09. The Morgan fingerprint density at radius 1 is 1.19 bits per heavy atom. The minimum atomic E-state index is 0.0891. The van der Waals surface area contributed by atoms with Crippen LogP contribution in [0, 0.1) is 0 Å². The van der Waals surface area contributed by atoms with E-state index in [0.29, 0.717) is 11.9 Å². The summed E-state index contributed by atoms with van der Waals surface area (Å²) >= 11 is 0. The van der Waals surface area contributed by atoms with Gasteiger partial charge in [-0.05, 0) is 45.3 Å². The van der Waals surface area contributed by atoms with Crippen LogP contribution in [-0.2, 0) is 4.79 Å². The van der Waals surface area contributed by atoms with Crippen LogP contribution in [0.15, 0.2) is 24.8 Å². The molecule has 5 rings (SSSR count). The second-order valence-corrected chi connectivity index (χ2v) is 7.58. The monoisotopic (exact) mass is 352 g/mol. The van der Waals surface area contributed by atoms with Gasteiger partial charge in [-0.2, -0.15) is 0 Å². The van der Waals surface area contributed by atoms with Crippen molar-refractivity contribution < 1.29 is 4.79 Å². The summed E-state index contributed by atoms with van der Waals surface area (Å²) in [5, 5.41) is 1.12. The number of hydrogen-bond acceptors (Lipinski definition) is 4. The Labute approximate surface area is 152 Å². The summed E-state index contributed by atoms with van der Waals surface area (Å²) in [6.45, 7) is 2.69. The molecule has 1 amide bonds. The molecule has 2 saturated heterocycles. The van der Waals surface area contributed by atoms with Gasteiger partial charge in [-0.15, -0.1) is 0 Å². The maximum Gasteiger partial charge on any atom is 0.239 e. The molecule has 0 bridgehead atoms. The Hall–Kier alpha value is -2.41. The van der Waals surface area contributed by atoms with Crippen LogP contribution in [0.25, 0.3) is 22.1 Å². The second kappa shape index (κ2) is 6.09. The lowest BCUT2D eigenvalue weighted by Gasteiger charge is -2.35. The molecule has 0 aliphatic carbocycles. The van der Waals surface area contributed by atoms with Crippen molar-refractivity contribution in [3.05, 3.63) is 24.8 Å². The van der Waals surface area contributed by atoms with Gasteiger partial charge in [0.15, 0.2) is 0 Å². The lowest BCUT2D eigenvalue weighted by molar-refractivity contribution is -0.136. The molecular weight excluding hydrogens is 328 g/mol. The predicted molar refractivity (Wildman–Crippen MR) is 99.9 cm³/mol. The zero-order valence-corrected chi connectivity index (χ0v) is 15.1. The van der Waals surface area contributed by atoms with Gasteiger partial charge in [0.25, 0.3) is 0 Å². The first-order valence-electron chi connectivity index (χ1n) is 9.50. The van der Waals surface area contributed by atoms with Crippen molar-refractivity contribution in [2.24, 2.45) is 0 Å². The number of carbonyl (C=O) groups is 1. The highest BCUT2D eigenvalue weighted by Gasteiger charge is 2.33. The molecule has 0 saturated carbocycles. The molecule has 1 atom stereocenters. The number of nitrogens with zero attached hydrogens (tertiary/aromatic N) is 5. The van der Waals surface area contributed by atoms with E-state index >= 15 is 0 Å². The first-order valence-corrected chi connectivity index (χ1v) is 9.50. The van der Waals surface area contributed by atoms with E-state index in [0.717, 1.165) is 67.4 Å². The fraction of sp³-hybridized carbons (Fsp3) is 0.526. The first kappa shape index (κ1) is 15.8. The van der Waals surface area contributed by atoms with Gasteiger partial charge in [0, 0.05) is 30.7 Å². The SMILES string of the molecule is CN1CCC[C@H]1C(=O)N1CCC(n2cnc3cnc4[nH]ccc4c32)CC1. The van der Waals surface area contributed by atoms with Gasteiger partial charge in [0.05, 0.1) is 24.1 Å². The normalized spacial score (nSPS) is 22.7. The molecule has 26 heavy (non-hydrogen) atoms. The molecule has 0 radical (unpaired) electrons. The number of hydrogen-bond donors (Lipinski definition) is 1. The smallest absolute Gasteiger partial charge is 0.239 e. The molecule has 7 heteroatoms. The Morgan fingerprint density at radius 3 is 2.81 bits per heavy atom. The summed E-state index contributed by atoms with van der Waals surface area (Å²) in [5.74, 6) is 0.316. The number of aromatic amines is 1. The van der Waals surface area contributed by atoms with E-state index in [1.807, 2.05) is 18.7 Å². The van der Waals surface area contributed by atoms with Crippen LogP contribution in [0.2, 0.25) is 0 Å². The summed E-state index contributed by atoms with van der Waals surface area (Å²) in [5.41, 5.74) is 2.98. The average Bonchev–Trinajstić information content (AvgIpc) is 3.39. The topological polar surface area (TPSA) is 70.1 Å². The molecule has 1 N–H and O–H groups in total. The molecule has 0 unspecified atom stereocenters. The molecule has 0 spiro atoms. The lowest BCUT2D eigenvalue weighted by Crippen LogP contribution is -2.47. The first-order chi connectivity index (χ1) is 12.7. The molecular formula is C19H24N6O. The fourth-order valence-corrected chi connectivity index (χ4v) is 4.61. The summed E-state index contributed by atoms with van der Waals surface area (Å²) in [7, 11) is 2.07. The number of aromatic nitrogens is 4. The highest BCUT2D eigenvalue weighted by molar-refractivity contribution is 6.00. The minimum Gasteiger partial charge on any atom is -0.346 e. The van der Waals surface area contributed by atoms with Crippen molar-refractivity contribution in [3.63, 3.8) is 0 Å². The van der Waals surface area contributed by atoms with Crippen molar-refractivity contribution in [2.75, 3.05) is 26.7 Å². The third kappa shape index (κ3) is 2.41. The van der Waals surface area contributed by atoms with Crippen LogP contribution in [0.1, 0.15) is 31.7 Å². The number of H-pyrrole nitrogens is 1. The van der Waals surface area contributed by atoms with Crippen LogP contribution in [0.5, 0.6) is 0 Å².